The number of hydrogen-bond acceptors (Lipinski definition) is 4. The maximum absolute atomic E-state index is 6.16. The zero-order chi connectivity index (χ0) is 14.5. The van der Waals surface area contributed by atoms with E-state index in [0.29, 0.717) is 11.1 Å². The molecule has 0 amide bonds. The van der Waals surface area contributed by atoms with Gasteiger partial charge >= 0.3 is 0 Å². The average Bonchev–Trinajstić information content (AvgIpc) is 3.15. The van der Waals surface area contributed by atoms with Gasteiger partial charge in [0.25, 0.3) is 0 Å². The highest BCUT2D eigenvalue weighted by Gasteiger charge is 2.29. The van der Waals surface area contributed by atoms with Crippen LogP contribution in [0.2, 0.25) is 5.15 Å². The monoisotopic (exact) mass is 300 g/mol. The first-order chi connectivity index (χ1) is 9.61. The second-order valence-corrected chi connectivity index (χ2v) is 6.01. The molecule has 1 saturated carbocycles. The number of halogens is 1. The van der Waals surface area contributed by atoms with Gasteiger partial charge in [0.15, 0.2) is 5.15 Å². The summed E-state index contributed by atoms with van der Waals surface area (Å²) in [6.45, 7) is 5.24. The van der Waals surface area contributed by atoms with Crippen LogP contribution in [-0.4, -0.2) is 55.0 Å². The predicted molar refractivity (Wildman–Crippen MR) is 81.2 cm³/mol. The molecule has 6 heteroatoms. The van der Waals surface area contributed by atoms with Crippen molar-refractivity contribution in [1.82, 2.24) is 20.4 Å². The summed E-state index contributed by atoms with van der Waals surface area (Å²) < 4.78 is 5.73. The van der Waals surface area contributed by atoms with Gasteiger partial charge in [-0.25, -0.2) is 0 Å². The van der Waals surface area contributed by atoms with Crippen LogP contribution in [-0.2, 0) is 11.3 Å². The second kappa shape index (κ2) is 7.41. The predicted octanol–water partition coefficient (Wildman–Crippen LogP) is 2.00. The lowest BCUT2D eigenvalue weighted by molar-refractivity contribution is 0.0442. The molecule has 0 saturated heterocycles. The van der Waals surface area contributed by atoms with Crippen molar-refractivity contribution in [3.05, 3.63) is 16.4 Å². The summed E-state index contributed by atoms with van der Waals surface area (Å²) in [5.41, 5.74) is 2.33. The van der Waals surface area contributed by atoms with Gasteiger partial charge in [-0.1, -0.05) is 11.6 Å². The fourth-order valence-corrected chi connectivity index (χ4v) is 2.62. The molecule has 1 aliphatic rings. The Bertz CT molecular complexity index is 417. The molecule has 1 aromatic rings. The van der Waals surface area contributed by atoms with Gasteiger partial charge < -0.3 is 15.0 Å². The third-order valence-electron chi connectivity index (χ3n) is 3.48. The number of ether oxygens (including phenoxy) is 1. The zero-order valence-electron chi connectivity index (χ0n) is 12.6. The van der Waals surface area contributed by atoms with Crippen molar-refractivity contribution in [3.8, 4) is 0 Å². The number of hydrogen-bond donors (Lipinski definition) is 2. The molecule has 1 aromatic heterocycles. The van der Waals surface area contributed by atoms with Crippen LogP contribution in [0.5, 0.6) is 0 Å². The van der Waals surface area contributed by atoms with Crippen LogP contribution in [0.15, 0.2) is 0 Å². The van der Waals surface area contributed by atoms with Crippen molar-refractivity contribution >= 4 is 11.6 Å². The molecule has 1 atom stereocenters. The van der Waals surface area contributed by atoms with Gasteiger partial charge in [0, 0.05) is 43.4 Å². The largest absolute Gasteiger partial charge is 0.376 e. The van der Waals surface area contributed by atoms with Gasteiger partial charge in [0.2, 0.25) is 0 Å². The molecule has 2 rings (SSSR count). The Labute approximate surface area is 126 Å². The van der Waals surface area contributed by atoms with Crippen molar-refractivity contribution in [3.63, 3.8) is 0 Å². The SMILES string of the molecule is CCOC(CNCc1c(Cl)n[nH]c1C1CC1)CN(C)C. The topological polar surface area (TPSA) is 53.2 Å². The first-order valence-electron chi connectivity index (χ1n) is 7.31. The van der Waals surface area contributed by atoms with E-state index in [1.807, 2.05) is 6.92 Å². The Morgan fingerprint density at radius 1 is 1.50 bits per heavy atom. The van der Waals surface area contributed by atoms with Crippen LogP contribution >= 0.6 is 11.6 Å². The lowest BCUT2D eigenvalue weighted by Gasteiger charge is -2.21. The smallest absolute Gasteiger partial charge is 0.155 e. The molecule has 1 aliphatic carbocycles. The highest BCUT2D eigenvalue weighted by atomic mass is 35.5. The molecule has 5 nitrogen and oxygen atoms in total. The standard InChI is InChI=1S/C14H25ClN4O/c1-4-20-11(9-19(2)3)7-16-8-12-13(10-5-6-10)17-18-14(12)15/h10-11,16H,4-9H2,1-3H3,(H,17,18). The Hall–Kier alpha value is -0.620. The Morgan fingerprint density at radius 2 is 2.25 bits per heavy atom. The maximum atomic E-state index is 6.16. The molecule has 1 unspecified atom stereocenters. The number of H-pyrrole nitrogens is 1. The number of likely N-dealkylation sites (N-methyl/N-ethyl adjacent to an activating group) is 1. The quantitative estimate of drug-likeness (QED) is 0.732. The van der Waals surface area contributed by atoms with Crippen molar-refractivity contribution in [2.45, 2.75) is 38.3 Å². The summed E-state index contributed by atoms with van der Waals surface area (Å²) in [6.07, 6.45) is 2.69. The van der Waals surface area contributed by atoms with E-state index in [-0.39, 0.29) is 6.10 Å². The molecule has 0 aromatic carbocycles. The van der Waals surface area contributed by atoms with Crippen LogP contribution in [0.3, 0.4) is 0 Å². The first kappa shape index (κ1) is 15.8. The van der Waals surface area contributed by atoms with Crippen molar-refractivity contribution < 1.29 is 4.74 Å². The van der Waals surface area contributed by atoms with Crippen molar-refractivity contribution in [2.24, 2.45) is 0 Å². The molecule has 1 heterocycles. The molecule has 0 aliphatic heterocycles. The fraction of sp³-hybridized carbons (Fsp3) is 0.786. The van der Waals surface area contributed by atoms with E-state index in [1.54, 1.807) is 0 Å². The summed E-state index contributed by atoms with van der Waals surface area (Å²) in [5.74, 6) is 0.635. The van der Waals surface area contributed by atoms with E-state index in [2.05, 4.69) is 34.5 Å². The molecule has 0 radical (unpaired) electrons. The van der Waals surface area contributed by atoms with Crippen LogP contribution in [0.25, 0.3) is 0 Å². The first-order valence-corrected chi connectivity index (χ1v) is 7.69. The summed E-state index contributed by atoms with van der Waals surface area (Å²) in [4.78, 5) is 2.14. The van der Waals surface area contributed by atoms with E-state index < -0.39 is 0 Å². The molecule has 0 bridgehead atoms. The summed E-state index contributed by atoms with van der Waals surface area (Å²) in [5, 5.41) is 11.2. The molecule has 0 spiro atoms. The normalized spacial score (nSPS) is 16.9. The fourth-order valence-electron chi connectivity index (χ4n) is 2.41. The Kier molecular flexibility index (Phi) is 5.84. The molecule has 1 fully saturated rings. The summed E-state index contributed by atoms with van der Waals surface area (Å²) in [7, 11) is 4.12. The zero-order valence-corrected chi connectivity index (χ0v) is 13.3. The van der Waals surface area contributed by atoms with Crippen LogP contribution in [0.1, 0.15) is 36.9 Å². The third kappa shape index (κ3) is 4.45. The Balaban J connectivity index is 1.83. The van der Waals surface area contributed by atoms with Gasteiger partial charge in [0.05, 0.1) is 6.10 Å². The van der Waals surface area contributed by atoms with Gasteiger partial charge in [0.1, 0.15) is 0 Å². The van der Waals surface area contributed by atoms with Crippen LogP contribution in [0.4, 0.5) is 0 Å². The summed E-state index contributed by atoms with van der Waals surface area (Å²) in [6, 6.07) is 0. The van der Waals surface area contributed by atoms with Crippen molar-refractivity contribution in [1.29, 1.82) is 0 Å². The van der Waals surface area contributed by atoms with Gasteiger partial charge in [-0.2, -0.15) is 5.10 Å². The number of aromatic nitrogens is 2. The van der Waals surface area contributed by atoms with Gasteiger partial charge in [-0.3, -0.25) is 5.10 Å². The number of nitrogens with zero attached hydrogens (tertiary/aromatic N) is 2. The molecular weight excluding hydrogens is 276 g/mol. The van der Waals surface area contributed by atoms with E-state index in [4.69, 9.17) is 16.3 Å². The number of nitrogens with one attached hydrogen (secondary N) is 2. The third-order valence-corrected chi connectivity index (χ3v) is 3.79. The minimum absolute atomic E-state index is 0.199. The second-order valence-electron chi connectivity index (χ2n) is 5.65. The number of rotatable bonds is 9. The highest BCUT2D eigenvalue weighted by Crippen LogP contribution is 2.41. The number of aromatic amines is 1. The van der Waals surface area contributed by atoms with Crippen molar-refractivity contribution in [2.75, 3.05) is 33.8 Å². The molecule has 20 heavy (non-hydrogen) atoms. The molecule has 2 N–H and O–H groups in total. The average molecular weight is 301 g/mol. The van der Waals surface area contributed by atoms with E-state index in [0.717, 1.165) is 31.8 Å². The van der Waals surface area contributed by atoms with Gasteiger partial charge in [-0.05, 0) is 33.9 Å². The minimum Gasteiger partial charge on any atom is -0.376 e. The highest BCUT2D eigenvalue weighted by molar-refractivity contribution is 6.30. The van der Waals surface area contributed by atoms with Gasteiger partial charge in [-0.15, -0.1) is 0 Å². The van der Waals surface area contributed by atoms with Crippen LogP contribution in [0, 0.1) is 0 Å². The maximum Gasteiger partial charge on any atom is 0.155 e. The molecular formula is C14H25ClN4O. The van der Waals surface area contributed by atoms with Crippen LogP contribution < -0.4 is 5.32 Å². The lowest BCUT2D eigenvalue weighted by Crippen LogP contribution is -2.37. The lowest BCUT2D eigenvalue weighted by atomic mass is 10.2. The van der Waals surface area contributed by atoms with E-state index >= 15 is 0 Å². The summed E-state index contributed by atoms with van der Waals surface area (Å²) >= 11 is 6.16. The minimum atomic E-state index is 0.199. The Morgan fingerprint density at radius 3 is 2.85 bits per heavy atom. The molecule has 114 valence electrons. The van der Waals surface area contributed by atoms with E-state index in [9.17, 15) is 0 Å². The van der Waals surface area contributed by atoms with E-state index in [1.165, 1.54) is 18.5 Å².